The highest BCUT2D eigenvalue weighted by molar-refractivity contribution is 5.51. The third-order valence-electron chi connectivity index (χ3n) is 4.66. The molecule has 4 nitrogen and oxygen atoms in total. The summed E-state index contributed by atoms with van der Waals surface area (Å²) < 4.78 is 17.3. The van der Waals surface area contributed by atoms with Crippen LogP contribution in [0.1, 0.15) is 39.0 Å². The largest absolute Gasteiger partial charge is 0.488 e. The van der Waals surface area contributed by atoms with E-state index in [4.69, 9.17) is 14.2 Å². The zero-order chi connectivity index (χ0) is 15.2. The molecule has 0 amide bonds. The number of nitrogens with zero attached hydrogens (tertiary/aromatic N) is 1. The summed E-state index contributed by atoms with van der Waals surface area (Å²) in [7, 11) is 0. The van der Waals surface area contributed by atoms with Crippen LogP contribution in [0.3, 0.4) is 0 Å². The van der Waals surface area contributed by atoms with E-state index in [1.54, 1.807) is 0 Å². The summed E-state index contributed by atoms with van der Waals surface area (Å²) >= 11 is 0. The molecule has 1 aromatic rings. The molecule has 3 rings (SSSR count). The molecular weight excluding hydrogens is 278 g/mol. The van der Waals surface area contributed by atoms with Crippen molar-refractivity contribution in [3.05, 3.63) is 18.2 Å². The Morgan fingerprint density at radius 2 is 1.95 bits per heavy atom. The molecule has 22 heavy (non-hydrogen) atoms. The Kier molecular flexibility index (Phi) is 5.43. The number of hydrogen-bond donors (Lipinski definition) is 0. The van der Waals surface area contributed by atoms with Crippen LogP contribution in [0.25, 0.3) is 0 Å². The van der Waals surface area contributed by atoms with Gasteiger partial charge in [-0.15, -0.1) is 0 Å². The van der Waals surface area contributed by atoms with Crippen molar-refractivity contribution in [3.8, 4) is 17.2 Å². The molecule has 0 spiro atoms. The van der Waals surface area contributed by atoms with E-state index in [0.29, 0.717) is 19.8 Å². The number of benzene rings is 1. The molecule has 1 heterocycles. The second-order valence-electron chi connectivity index (χ2n) is 6.05. The van der Waals surface area contributed by atoms with Crippen LogP contribution in [0, 0.1) is 0 Å². The molecule has 0 radical (unpaired) electrons. The van der Waals surface area contributed by atoms with Gasteiger partial charge in [0.1, 0.15) is 19.8 Å². The first-order chi connectivity index (χ1) is 10.9. The first-order valence-electron chi connectivity index (χ1n) is 8.64. The molecule has 1 fully saturated rings. The van der Waals surface area contributed by atoms with Crippen LogP contribution in [0.15, 0.2) is 18.2 Å². The first-order valence-corrected chi connectivity index (χ1v) is 8.64. The average molecular weight is 305 g/mol. The molecule has 4 heteroatoms. The predicted octanol–water partition coefficient (Wildman–Crippen LogP) is 3.49. The quantitative estimate of drug-likeness (QED) is 0.805. The van der Waals surface area contributed by atoms with Crippen LogP contribution in [-0.4, -0.2) is 43.9 Å². The van der Waals surface area contributed by atoms with E-state index < -0.39 is 0 Å². The van der Waals surface area contributed by atoms with Gasteiger partial charge in [0.05, 0.1) is 0 Å². The number of fused-ring (bicyclic) bond motifs is 1. The number of rotatable bonds is 6. The summed E-state index contributed by atoms with van der Waals surface area (Å²) in [4.78, 5) is 2.56. The minimum atomic E-state index is 0.594. The Labute approximate surface area is 133 Å². The lowest BCUT2D eigenvalue weighted by atomic mass is 9.94. The maximum atomic E-state index is 5.98. The summed E-state index contributed by atoms with van der Waals surface area (Å²) in [6.45, 7) is 6.23. The summed E-state index contributed by atoms with van der Waals surface area (Å²) in [5, 5.41) is 0. The molecule has 1 aliphatic heterocycles. The standard InChI is InChI=1S/C18H27NO3/c1-2-19(15-7-4-3-5-8-15)11-12-20-16-9-6-10-17-18(16)22-14-13-21-17/h6,9-10,15H,2-5,7-8,11-14H2,1H3. The van der Waals surface area contributed by atoms with Gasteiger partial charge in [-0.1, -0.05) is 32.3 Å². The van der Waals surface area contributed by atoms with Gasteiger partial charge in [-0.3, -0.25) is 4.90 Å². The normalized spacial score (nSPS) is 18.5. The topological polar surface area (TPSA) is 30.9 Å². The van der Waals surface area contributed by atoms with E-state index in [9.17, 15) is 0 Å². The zero-order valence-corrected chi connectivity index (χ0v) is 13.6. The lowest BCUT2D eigenvalue weighted by Gasteiger charge is -2.33. The van der Waals surface area contributed by atoms with Crippen molar-refractivity contribution < 1.29 is 14.2 Å². The minimum Gasteiger partial charge on any atom is -0.488 e. The van der Waals surface area contributed by atoms with Crippen molar-refractivity contribution in [3.63, 3.8) is 0 Å². The number of ether oxygens (including phenoxy) is 3. The lowest BCUT2D eigenvalue weighted by Crippen LogP contribution is -2.39. The predicted molar refractivity (Wildman–Crippen MR) is 87.0 cm³/mol. The molecule has 0 unspecified atom stereocenters. The van der Waals surface area contributed by atoms with Crippen molar-refractivity contribution in [2.24, 2.45) is 0 Å². The fraction of sp³-hybridized carbons (Fsp3) is 0.667. The van der Waals surface area contributed by atoms with Gasteiger partial charge in [-0.05, 0) is 31.5 Å². The van der Waals surface area contributed by atoms with Gasteiger partial charge in [-0.25, -0.2) is 0 Å². The third-order valence-corrected chi connectivity index (χ3v) is 4.66. The van der Waals surface area contributed by atoms with Crippen LogP contribution < -0.4 is 14.2 Å². The molecule has 1 saturated carbocycles. The van der Waals surface area contributed by atoms with E-state index in [1.807, 2.05) is 18.2 Å². The maximum absolute atomic E-state index is 5.98. The highest BCUT2D eigenvalue weighted by Gasteiger charge is 2.20. The molecule has 0 N–H and O–H groups in total. The van der Waals surface area contributed by atoms with Crippen LogP contribution in [0.4, 0.5) is 0 Å². The Bertz CT molecular complexity index is 471. The Morgan fingerprint density at radius 1 is 1.14 bits per heavy atom. The monoisotopic (exact) mass is 305 g/mol. The molecule has 1 aromatic carbocycles. The van der Waals surface area contributed by atoms with Gasteiger partial charge in [0, 0.05) is 12.6 Å². The average Bonchev–Trinajstić information content (AvgIpc) is 2.59. The maximum Gasteiger partial charge on any atom is 0.203 e. The SMILES string of the molecule is CCN(CCOc1cccc2c1OCCO2)C1CCCCC1. The number of likely N-dealkylation sites (N-methyl/N-ethyl adjacent to an activating group) is 1. The van der Waals surface area contributed by atoms with Gasteiger partial charge in [0.25, 0.3) is 0 Å². The fourth-order valence-electron chi connectivity index (χ4n) is 3.48. The number of para-hydroxylation sites is 1. The summed E-state index contributed by atoms with van der Waals surface area (Å²) in [5.74, 6) is 2.36. The summed E-state index contributed by atoms with van der Waals surface area (Å²) in [6, 6.07) is 6.60. The van der Waals surface area contributed by atoms with Crippen LogP contribution >= 0.6 is 0 Å². The molecule has 0 aromatic heterocycles. The van der Waals surface area contributed by atoms with Crippen molar-refractivity contribution in [2.45, 2.75) is 45.1 Å². The highest BCUT2D eigenvalue weighted by Crippen LogP contribution is 2.38. The van der Waals surface area contributed by atoms with Gasteiger partial charge in [0.15, 0.2) is 11.5 Å². The molecule has 2 aliphatic rings. The zero-order valence-electron chi connectivity index (χ0n) is 13.6. The van der Waals surface area contributed by atoms with Gasteiger partial charge >= 0.3 is 0 Å². The van der Waals surface area contributed by atoms with Gasteiger partial charge in [0.2, 0.25) is 5.75 Å². The van der Waals surface area contributed by atoms with E-state index in [0.717, 1.165) is 36.4 Å². The van der Waals surface area contributed by atoms with E-state index in [-0.39, 0.29) is 0 Å². The van der Waals surface area contributed by atoms with Gasteiger partial charge in [-0.2, -0.15) is 0 Å². The smallest absolute Gasteiger partial charge is 0.203 e. The first kappa shape index (κ1) is 15.5. The molecular formula is C18H27NO3. The summed E-state index contributed by atoms with van der Waals surface area (Å²) in [6.07, 6.45) is 6.83. The Balaban J connectivity index is 1.53. The fourth-order valence-corrected chi connectivity index (χ4v) is 3.48. The second kappa shape index (κ2) is 7.73. The molecule has 0 saturated heterocycles. The molecule has 1 aliphatic carbocycles. The Morgan fingerprint density at radius 3 is 2.77 bits per heavy atom. The van der Waals surface area contributed by atoms with Crippen molar-refractivity contribution in [2.75, 3.05) is 32.9 Å². The minimum absolute atomic E-state index is 0.594. The van der Waals surface area contributed by atoms with Crippen molar-refractivity contribution >= 4 is 0 Å². The lowest BCUT2D eigenvalue weighted by molar-refractivity contribution is 0.130. The van der Waals surface area contributed by atoms with E-state index in [1.165, 1.54) is 32.1 Å². The van der Waals surface area contributed by atoms with E-state index in [2.05, 4.69) is 11.8 Å². The molecule has 0 atom stereocenters. The van der Waals surface area contributed by atoms with Crippen LogP contribution in [0.5, 0.6) is 17.2 Å². The summed E-state index contributed by atoms with van der Waals surface area (Å²) in [5.41, 5.74) is 0. The second-order valence-corrected chi connectivity index (χ2v) is 6.05. The number of hydrogen-bond acceptors (Lipinski definition) is 4. The van der Waals surface area contributed by atoms with E-state index >= 15 is 0 Å². The highest BCUT2D eigenvalue weighted by atomic mass is 16.6. The van der Waals surface area contributed by atoms with Gasteiger partial charge < -0.3 is 14.2 Å². The third kappa shape index (κ3) is 3.67. The van der Waals surface area contributed by atoms with Crippen LogP contribution in [-0.2, 0) is 0 Å². The molecule has 122 valence electrons. The van der Waals surface area contributed by atoms with Crippen molar-refractivity contribution in [1.29, 1.82) is 0 Å². The molecule has 0 bridgehead atoms. The van der Waals surface area contributed by atoms with Crippen LogP contribution in [0.2, 0.25) is 0 Å². The Hall–Kier alpha value is -1.42. The van der Waals surface area contributed by atoms with Crippen molar-refractivity contribution in [1.82, 2.24) is 4.90 Å².